The first-order valence-corrected chi connectivity index (χ1v) is 8.73. The number of aromatic nitrogens is 1. The molecule has 8 heteroatoms. The first-order chi connectivity index (χ1) is 13.5. The number of amides is 4. The maximum absolute atomic E-state index is 13.2. The van der Waals surface area contributed by atoms with E-state index in [1.807, 2.05) is 30.5 Å². The molecule has 28 heavy (non-hydrogen) atoms. The fraction of sp³-hybridized carbons (Fsp3) is 0.150. The van der Waals surface area contributed by atoms with Crippen LogP contribution in [0.5, 0.6) is 0 Å². The summed E-state index contributed by atoms with van der Waals surface area (Å²) in [6.07, 6.45) is 2.13. The van der Waals surface area contributed by atoms with E-state index < -0.39 is 36.2 Å². The van der Waals surface area contributed by atoms with Crippen molar-refractivity contribution in [1.82, 2.24) is 15.2 Å². The lowest BCUT2D eigenvalue weighted by Crippen LogP contribution is -2.38. The molecule has 1 aromatic heterocycles. The van der Waals surface area contributed by atoms with Crippen LogP contribution in [-0.2, 0) is 16.0 Å². The highest BCUT2D eigenvalue weighted by Gasteiger charge is 2.39. The highest BCUT2D eigenvalue weighted by molar-refractivity contribution is 6.08. The number of carbonyl (C=O) groups is 3. The van der Waals surface area contributed by atoms with Gasteiger partial charge < -0.3 is 15.6 Å². The minimum absolute atomic E-state index is 0.257. The summed E-state index contributed by atoms with van der Waals surface area (Å²) in [4.78, 5) is 40.9. The van der Waals surface area contributed by atoms with Crippen molar-refractivity contribution in [2.75, 3.05) is 11.9 Å². The van der Waals surface area contributed by atoms with Crippen LogP contribution < -0.4 is 10.6 Å². The average molecular weight is 380 g/mol. The Labute approximate surface area is 159 Å². The summed E-state index contributed by atoms with van der Waals surface area (Å²) in [5.74, 6) is -1.54. The number of halogens is 1. The molecule has 4 amide bonds. The lowest BCUT2D eigenvalue weighted by atomic mass is 10.1. The van der Waals surface area contributed by atoms with Crippen LogP contribution in [0.2, 0.25) is 0 Å². The van der Waals surface area contributed by atoms with Crippen molar-refractivity contribution in [2.24, 2.45) is 0 Å². The number of carbonyl (C=O) groups excluding carboxylic acids is 3. The van der Waals surface area contributed by atoms with Crippen LogP contribution in [0.3, 0.4) is 0 Å². The molecule has 2 aromatic carbocycles. The Morgan fingerprint density at radius 1 is 1.14 bits per heavy atom. The topological polar surface area (TPSA) is 94.3 Å². The number of nitrogens with one attached hydrogen (secondary N) is 3. The molecule has 1 fully saturated rings. The van der Waals surface area contributed by atoms with E-state index in [0.29, 0.717) is 6.42 Å². The Bertz CT molecular complexity index is 1080. The molecule has 0 saturated carbocycles. The van der Waals surface area contributed by atoms with Gasteiger partial charge in [-0.05, 0) is 29.8 Å². The van der Waals surface area contributed by atoms with E-state index in [-0.39, 0.29) is 5.69 Å². The number of imide groups is 1. The van der Waals surface area contributed by atoms with Gasteiger partial charge in [0.15, 0.2) is 0 Å². The standard InChI is InChI=1S/C20H17FN4O3/c21-13-4-3-5-14(9-13)23-18(26)11-25-19(27)17(24-20(25)28)8-12-10-22-16-7-2-1-6-15(12)16/h1-7,9-10,17,22H,8,11H2,(H,23,26)(H,24,28)/t17-/m0/s1. The lowest BCUT2D eigenvalue weighted by molar-refractivity contribution is -0.130. The fourth-order valence-corrected chi connectivity index (χ4v) is 3.30. The number of aromatic amines is 1. The van der Waals surface area contributed by atoms with Crippen LogP contribution in [0, 0.1) is 5.82 Å². The van der Waals surface area contributed by atoms with Crippen molar-refractivity contribution in [3.8, 4) is 0 Å². The summed E-state index contributed by atoms with van der Waals surface area (Å²) >= 11 is 0. The maximum atomic E-state index is 13.2. The second kappa shape index (κ2) is 7.15. The van der Waals surface area contributed by atoms with Gasteiger partial charge in [0.2, 0.25) is 5.91 Å². The average Bonchev–Trinajstić information content (AvgIpc) is 3.18. The van der Waals surface area contributed by atoms with Gasteiger partial charge in [-0.25, -0.2) is 9.18 Å². The summed E-state index contributed by atoms with van der Waals surface area (Å²) in [6, 6.07) is 11.7. The Balaban J connectivity index is 1.43. The Morgan fingerprint density at radius 3 is 2.79 bits per heavy atom. The molecule has 7 nitrogen and oxygen atoms in total. The van der Waals surface area contributed by atoms with Crippen LogP contribution in [0.1, 0.15) is 5.56 Å². The number of hydrogen-bond donors (Lipinski definition) is 3. The van der Waals surface area contributed by atoms with Gasteiger partial charge in [0.05, 0.1) is 0 Å². The van der Waals surface area contributed by atoms with Gasteiger partial charge >= 0.3 is 6.03 Å². The van der Waals surface area contributed by atoms with Gasteiger partial charge in [-0.1, -0.05) is 24.3 Å². The van der Waals surface area contributed by atoms with Crippen molar-refractivity contribution in [2.45, 2.75) is 12.5 Å². The Hall–Kier alpha value is -3.68. The zero-order valence-corrected chi connectivity index (χ0v) is 14.7. The van der Waals surface area contributed by atoms with E-state index in [1.54, 1.807) is 0 Å². The van der Waals surface area contributed by atoms with Crippen LogP contribution in [0.15, 0.2) is 54.7 Å². The normalized spacial score (nSPS) is 16.5. The minimum atomic E-state index is -0.742. The predicted molar refractivity (Wildman–Crippen MR) is 101 cm³/mol. The Morgan fingerprint density at radius 2 is 1.96 bits per heavy atom. The molecule has 0 spiro atoms. The summed E-state index contributed by atoms with van der Waals surface area (Å²) in [6.45, 7) is -0.439. The number of anilines is 1. The van der Waals surface area contributed by atoms with Gasteiger partial charge in [0, 0.05) is 29.2 Å². The number of fused-ring (bicyclic) bond motifs is 1. The summed E-state index contributed by atoms with van der Waals surface area (Å²) < 4.78 is 13.2. The zero-order valence-electron chi connectivity index (χ0n) is 14.7. The molecule has 3 N–H and O–H groups in total. The highest BCUT2D eigenvalue weighted by Crippen LogP contribution is 2.21. The number of benzene rings is 2. The first-order valence-electron chi connectivity index (χ1n) is 8.73. The van der Waals surface area contributed by atoms with Crippen molar-refractivity contribution in [1.29, 1.82) is 0 Å². The van der Waals surface area contributed by atoms with Crippen molar-refractivity contribution >= 4 is 34.4 Å². The summed E-state index contributed by atoms with van der Waals surface area (Å²) in [5.41, 5.74) is 2.10. The van der Waals surface area contributed by atoms with Crippen molar-refractivity contribution in [3.63, 3.8) is 0 Å². The molecule has 0 unspecified atom stereocenters. The van der Waals surface area contributed by atoms with E-state index in [9.17, 15) is 18.8 Å². The largest absolute Gasteiger partial charge is 0.361 e. The van der Waals surface area contributed by atoms with E-state index in [0.717, 1.165) is 27.4 Å². The van der Waals surface area contributed by atoms with E-state index in [4.69, 9.17) is 0 Å². The second-order valence-electron chi connectivity index (χ2n) is 6.55. The quantitative estimate of drug-likeness (QED) is 0.594. The molecule has 2 heterocycles. The highest BCUT2D eigenvalue weighted by atomic mass is 19.1. The number of urea groups is 1. The molecule has 142 valence electrons. The molecular weight excluding hydrogens is 363 g/mol. The van der Waals surface area contributed by atoms with Crippen LogP contribution in [0.4, 0.5) is 14.9 Å². The molecule has 4 rings (SSSR count). The third-order valence-electron chi connectivity index (χ3n) is 4.62. The molecule has 0 radical (unpaired) electrons. The molecule has 0 bridgehead atoms. The monoisotopic (exact) mass is 380 g/mol. The zero-order chi connectivity index (χ0) is 19.7. The third-order valence-corrected chi connectivity index (χ3v) is 4.62. The molecular formula is C20H17FN4O3. The number of H-pyrrole nitrogens is 1. The molecule has 3 aromatic rings. The van der Waals surface area contributed by atoms with Crippen molar-refractivity contribution < 1.29 is 18.8 Å². The fourth-order valence-electron chi connectivity index (χ4n) is 3.30. The van der Waals surface area contributed by atoms with E-state index in [2.05, 4.69) is 15.6 Å². The third kappa shape index (κ3) is 3.44. The first kappa shape index (κ1) is 17.7. The smallest absolute Gasteiger partial charge is 0.325 e. The van der Waals surface area contributed by atoms with Gasteiger partial charge in [-0.2, -0.15) is 0 Å². The number of nitrogens with zero attached hydrogens (tertiary/aromatic N) is 1. The number of hydrogen-bond acceptors (Lipinski definition) is 3. The molecule has 1 aliphatic heterocycles. The summed E-state index contributed by atoms with van der Waals surface area (Å²) in [7, 11) is 0. The van der Waals surface area contributed by atoms with Crippen molar-refractivity contribution in [3.05, 3.63) is 66.1 Å². The maximum Gasteiger partial charge on any atom is 0.325 e. The number of rotatable bonds is 5. The van der Waals surface area contributed by atoms with Crippen LogP contribution in [0.25, 0.3) is 10.9 Å². The molecule has 1 saturated heterocycles. The second-order valence-corrected chi connectivity index (χ2v) is 6.55. The summed E-state index contributed by atoms with van der Waals surface area (Å²) in [5, 5.41) is 6.07. The van der Waals surface area contributed by atoms with E-state index in [1.165, 1.54) is 18.2 Å². The van der Waals surface area contributed by atoms with Crippen LogP contribution in [-0.4, -0.2) is 40.3 Å². The minimum Gasteiger partial charge on any atom is -0.361 e. The van der Waals surface area contributed by atoms with Crippen LogP contribution >= 0.6 is 0 Å². The SMILES string of the molecule is O=C(CN1C(=O)N[C@@H](Cc2c[nH]c3ccccc23)C1=O)Nc1cccc(F)c1. The van der Waals surface area contributed by atoms with Gasteiger partial charge in [-0.15, -0.1) is 0 Å². The van der Waals surface area contributed by atoms with Gasteiger partial charge in [0.25, 0.3) is 5.91 Å². The van der Waals surface area contributed by atoms with Gasteiger partial charge in [0.1, 0.15) is 18.4 Å². The van der Waals surface area contributed by atoms with E-state index >= 15 is 0 Å². The Kier molecular flexibility index (Phi) is 4.52. The number of para-hydroxylation sites is 1. The molecule has 0 aliphatic carbocycles. The van der Waals surface area contributed by atoms with Gasteiger partial charge in [-0.3, -0.25) is 14.5 Å². The lowest BCUT2D eigenvalue weighted by Gasteiger charge is -2.13. The molecule has 1 atom stereocenters. The molecule has 1 aliphatic rings. The predicted octanol–water partition coefficient (Wildman–Crippen LogP) is 2.41.